The Morgan fingerprint density at radius 2 is 0.562 bits per heavy atom. The Labute approximate surface area is 397 Å². The summed E-state index contributed by atoms with van der Waals surface area (Å²) in [5.41, 5.74) is 0. The predicted molar refractivity (Wildman–Crippen MR) is 275 cm³/mol. The number of hydrogen-bond acceptors (Lipinski definition) is 6. The lowest BCUT2D eigenvalue weighted by molar-refractivity contribution is -0.167. The highest BCUT2D eigenvalue weighted by atomic mass is 16.6. The molecule has 0 spiro atoms. The summed E-state index contributed by atoms with van der Waals surface area (Å²) in [6, 6.07) is 0. The Hall–Kier alpha value is -2.63. The fraction of sp³-hybridized carbons (Fsp3) is 0.810. The summed E-state index contributed by atoms with van der Waals surface area (Å²) in [5, 5.41) is 0. The lowest BCUT2D eigenvalue weighted by atomic mass is 10.1. The van der Waals surface area contributed by atoms with Crippen LogP contribution in [0.1, 0.15) is 284 Å². The molecule has 0 heterocycles. The van der Waals surface area contributed by atoms with Crippen LogP contribution >= 0.6 is 0 Å². The third-order valence-electron chi connectivity index (χ3n) is 12.0. The van der Waals surface area contributed by atoms with E-state index < -0.39 is 6.10 Å². The first kappa shape index (κ1) is 61.4. The fourth-order valence-electron chi connectivity index (χ4n) is 7.81. The third-order valence-corrected chi connectivity index (χ3v) is 12.0. The summed E-state index contributed by atoms with van der Waals surface area (Å²) in [4.78, 5) is 38.1. The van der Waals surface area contributed by atoms with E-state index in [1.807, 2.05) is 0 Å². The second kappa shape index (κ2) is 53.0. The van der Waals surface area contributed by atoms with Gasteiger partial charge in [0.2, 0.25) is 0 Å². The number of ether oxygens (including phenoxy) is 3. The average molecular weight is 897 g/mol. The number of hydrogen-bond donors (Lipinski definition) is 0. The Morgan fingerprint density at radius 1 is 0.312 bits per heavy atom. The van der Waals surface area contributed by atoms with Crippen LogP contribution in [0, 0.1) is 0 Å². The maximum Gasteiger partial charge on any atom is 0.306 e. The molecule has 0 aromatic rings. The summed E-state index contributed by atoms with van der Waals surface area (Å²) in [6.45, 7) is 6.60. The van der Waals surface area contributed by atoms with Crippen molar-refractivity contribution in [2.45, 2.75) is 290 Å². The number of allylic oxidation sites excluding steroid dienone is 8. The van der Waals surface area contributed by atoms with Crippen molar-refractivity contribution >= 4 is 17.9 Å². The van der Waals surface area contributed by atoms with E-state index in [1.54, 1.807) is 0 Å². The van der Waals surface area contributed by atoms with Crippen molar-refractivity contribution < 1.29 is 28.6 Å². The fourth-order valence-corrected chi connectivity index (χ4v) is 7.81. The normalized spacial score (nSPS) is 12.4. The van der Waals surface area contributed by atoms with Crippen LogP contribution in [-0.2, 0) is 28.6 Å². The minimum absolute atomic E-state index is 0.0847. The lowest BCUT2D eigenvalue weighted by Gasteiger charge is -2.18. The zero-order valence-electron chi connectivity index (χ0n) is 42.6. The summed E-state index contributed by atoms with van der Waals surface area (Å²) in [6.07, 6.45) is 63.8. The first-order valence-corrected chi connectivity index (χ1v) is 27.6. The Balaban J connectivity index is 4.41. The van der Waals surface area contributed by atoms with Crippen molar-refractivity contribution in [2.75, 3.05) is 13.2 Å². The summed E-state index contributed by atoms with van der Waals surface area (Å²) in [5.74, 6) is -0.905. The average Bonchev–Trinajstić information content (AvgIpc) is 3.29. The molecule has 0 aromatic carbocycles. The third kappa shape index (κ3) is 50.4. The largest absolute Gasteiger partial charge is 0.462 e. The van der Waals surface area contributed by atoms with Crippen molar-refractivity contribution in [3.63, 3.8) is 0 Å². The minimum atomic E-state index is -0.786. The van der Waals surface area contributed by atoms with Crippen LogP contribution in [0.25, 0.3) is 0 Å². The zero-order valence-corrected chi connectivity index (χ0v) is 42.6. The molecule has 0 aliphatic rings. The summed E-state index contributed by atoms with van der Waals surface area (Å²) < 4.78 is 16.8. The molecule has 0 saturated carbocycles. The van der Waals surface area contributed by atoms with E-state index in [0.29, 0.717) is 19.3 Å². The molecule has 372 valence electrons. The molecule has 0 rings (SSSR count). The van der Waals surface area contributed by atoms with Gasteiger partial charge in [-0.25, -0.2) is 0 Å². The van der Waals surface area contributed by atoms with Gasteiger partial charge in [0, 0.05) is 19.3 Å². The first-order chi connectivity index (χ1) is 31.5. The van der Waals surface area contributed by atoms with Crippen molar-refractivity contribution in [1.82, 2.24) is 0 Å². The minimum Gasteiger partial charge on any atom is -0.462 e. The van der Waals surface area contributed by atoms with Gasteiger partial charge in [-0.3, -0.25) is 14.4 Å². The zero-order chi connectivity index (χ0) is 46.5. The monoisotopic (exact) mass is 897 g/mol. The standard InChI is InChI=1S/C58H104O6/c1-4-7-10-13-16-19-22-25-28-31-33-36-39-42-45-48-51-57(60)63-54-55(64-58(61)52-49-46-43-40-37-34-30-27-24-21-18-15-12-9-6-3)53-62-56(59)50-47-44-41-38-35-32-29-26-23-20-17-14-11-8-5-2/h18,21,26-31,55H,4-17,19-20,22-25,32-54H2,1-3H3/b21-18-,29-26-,30-27-,31-28-/t55-/m1/s1. The molecule has 0 amide bonds. The highest BCUT2D eigenvalue weighted by molar-refractivity contribution is 5.71. The van der Waals surface area contributed by atoms with Crippen molar-refractivity contribution in [1.29, 1.82) is 0 Å². The van der Waals surface area contributed by atoms with E-state index in [1.165, 1.54) is 148 Å². The van der Waals surface area contributed by atoms with Crippen LogP contribution < -0.4 is 0 Å². The number of rotatable bonds is 50. The van der Waals surface area contributed by atoms with Crippen LogP contribution in [0.3, 0.4) is 0 Å². The van der Waals surface area contributed by atoms with Crippen molar-refractivity contribution in [3.05, 3.63) is 48.6 Å². The quantitative estimate of drug-likeness (QED) is 0.0262. The predicted octanol–water partition coefficient (Wildman–Crippen LogP) is 18.3. The SMILES string of the molecule is CCCCC/C=C\C/C=C\CCCCCCCC(=O)O[C@H](COC(=O)CCCCCCC/C=C\CCCCCCCC)COC(=O)CCCCCCC/C=C\CCCCCCCCC. The van der Waals surface area contributed by atoms with Crippen LogP contribution in [-0.4, -0.2) is 37.2 Å². The van der Waals surface area contributed by atoms with Crippen LogP contribution in [0.4, 0.5) is 0 Å². The van der Waals surface area contributed by atoms with E-state index in [4.69, 9.17) is 14.2 Å². The summed E-state index contributed by atoms with van der Waals surface area (Å²) >= 11 is 0. The number of carbonyl (C=O) groups is 3. The first-order valence-electron chi connectivity index (χ1n) is 27.6. The van der Waals surface area contributed by atoms with Gasteiger partial charge in [-0.1, -0.05) is 211 Å². The highest BCUT2D eigenvalue weighted by Gasteiger charge is 2.19. The van der Waals surface area contributed by atoms with Crippen LogP contribution in [0.5, 0.6) is 0 Å². The molecule has 64 heavy (non-hydrogen) atoms. The van der Waals surface area contributed by atoms with E-state index in [-0.39, 0.29) is 31.1 Å². The van der Waals surface area contributed by atoms with Gasteiger partial charge in [-0.05, 0) is 103 Å². The molecule has 0 aromatic heterocycles. The molecule has 6 heteroatoms. The van der Waals surface area contributed by atoms with E-state index in [0.717, 1.165) is 96.3 Å². The molecule has 0 radical (unpaired) electrons. The van der Waals surface area contributed by atoms with Gasteiger partial charge in [0.25, 0.3) is 0 Å². The topological polar surface area (TPSA) is 78.9 Å². The molecule has 0 aliphatic heterocycles. The molecular formula is C58H104O6. The maximum absolute atomic E-state index is 12.8. The second-order valence-electron chi connectivity index (χ2n) is 18.5. The number of esters is 3. The van der Waals surface area contributed by atoms with Gasteiger partial charge >= 0.3 is 17.9 Å². The van der Waals surface area contributed by atoms with E-state index in [9.17, 15) is 14.4 Å². The molecule has 6 nitrogen and oxygen atoms in total. The Kier molecular flexibility index (Phi) is 50.8. The Morgan fingerprint density at radius 3 is 0.906 bits per heavy atom. The van der Waals surface area contributed by atoms with E-state index in [2.05, 4.69) is 69.4 Å². The van der Waals surface area contributed by atoms with Gasteiger partial charge in [-0.2, -0.15) is 0 Å². The lowest BCUT2D eigenvalue weighted by Crippen LogP contribution is -2.30. The van der Waals surface area contributed by atoms with Crippen LogP contribution in [0.2, 0.25) is 0 Å². The summed E-state index contributed by atoms with van der Waals surface area (Å²) in [7, 11) is 0. The molecule has 0 saturated heterocycles. The molecule has 0 unspecified atom stereocenters. The van der Waals surface area contributed by atoms with Crippen molar-refractivity contribution in [2.24, 2.45) is 0 Å². The smallest absolute Gasteiger partial charge is 0.306 e. The van der Waals surface area contributed by atoms with Gasteiger partial charge in [0.15, 0.2) is 6.10 Å². The van der Waals surface area contributed by atoms with Gasteiger partial charge in [-0.15, -0.1) is 0 Å². The molecule has 0 aliphatic carbocycles. The number of carbonyl (C=O) groups excluding carboxylic acids is 3. The molecule has 0 bridgehead atoms. The molecular weight excluding hydrogens is 793 g/mol. The molecule has 1 atom stereocenters. The van der Waals surface area contributed by atoms with Crippen molar-refractivity contribution in [3.8, 4) is 0 Å². The Bertz CT molecular complexity index is 1120. The number of unbranched alkanes of at least 4 members (excludes halogenated alkanes) is 31. The highest BCUT2D eigenvalue weighted by Crippen LogP contribution is 2.14. The van der Waals surface area contributed by atoms with Gasteiger partial charge in [0.05, 0.1) is 0 Å². The second-order valence-corrected chi connectivity index (χ2v) is 18.5. The van der Waals surface area contributed by atoms with Gasteiger partial charge in [0.1, 0.15) is 13.2 Å². The van der Waals surface area contributed by atoms with Crippen LogP contribution in [0.15, 0.2) is 48.6 Å². The molecule has 0 N–H and O–H groups in total. The van der Waals surface area contributed by atoms with E-state index >= 15 is 0 Å². The maximum atomic E-state index is 12.8. The van der Waals surface area contributed by atoms with Gasteiger partial charge < -0.3 is 14.2 Å². The molecule has 0 fully saturated rings.